The molecule has 180 valence electrons. The van der Waals surface area contributed by atoms with E-state index in [2.05, 4.69) is 47.2 Å². The lowest BCUT2D eigenvalue weighted by molar-refractivity contribution is 0.443. The van der Waals surface area contributed by atoms with E-state index in [4.69, 9.17) is 10.1 Å². The summed E-state index contributed by atoms with van der Waals surface area (Å²) in [6.45, 7) is 0. The Morgan fingerprint density at radius 2 is 1.60 bits per heavy atom. The van der Waals surface area contributed by atoms with Crippen LogP contribution in [0.2, 0.25) is 0 Å². The maximum atomic E-state index is 13.6. The zero-order valence-corrected chi connectivity index (χ0v) is 22.6. The number of hydrogen-bond donors (Lipinski definition) is 0. The molecule has 6 rings (SSSR count). The third-order valence-corrected chi connectivity index (χ3v) is 8.69. The monoisotopic (exact) mass is 567 g/mol. The fourth-order valence-electron chi connectivity index (χ4n) is 5.09. The molecule has 2 aromatic heterocycles. The fourth-order valence-corrected chi connectivity index (χ4v) is 6.64. The van der Waals surface area contributed by atoms with Crippen molar-refractivity contribution in [2.45, 2.75) is 50.5 Å². The van der Waals surface area contributed by atoms with Crippen LogP contribution in [0.1, 0.15) is 66.5 Å². The summed E-state index contributed by atoms with van der Waals surface area (Å²) in [5.41, 5.74) is 5.68. The summed E-state index contributed by atoms with van der Waals surface area (Å²) < 4.78 is 13.6. The second-order valence-electron chi connectivity index (χ2n) is 9.11. The smallest absolute Gasteiger partial charge is 0.207 e. The average molecular weight is 569 g/mol. The number of anilines is 1. The molecule has 1 unspecified atom stereocenters. The third kappa shape index (κ3) is 5.13. The van der Waals surface area contributed by atoms with E-state index in [1.165, 1.54) is 54.7 Å². The van der Waals surface area contributed by atoms with Gasteiger partial charge in [0.05, 0.1) is 22.3 Å². The van der Waals surface area contributed by atoms with Gasteiger partial charge in [0, 0.05) is 17.4 Å². The number of halogens is 2. The molecule has 4 aromatic rings. The number of nitrogens with zero attached hydrogens (tertiary/aromatic N) is 3. The van der Waals surface area contributed by atoms with Gasteiger partial charge in [0.25, 0.3) is 0 Å². The maximum absolute atomic E-state index is 13.6. The van der Waals surface area contributed by atoms with Gasteiger partial charge < -0.3 is 0 Å². The Balaban J connectivity index is 0.00000253. The van der Waals surface area contributed by atoms with E-state index in [1.54, 1.807) is 22.7 Å². The van der Waals surface area contributed by atoms with Crippen LogP contribution in [0.4, 0.5) is 9.52 Å². The molecule has 0 spiro atoms. The van der Waals surface area contributed by atoms with Crippen molar-refractivity contribution >= 4 is 50.5 Å². The second kappa shape index (κ2) is 10.7. The number of benzene rings is 2. The quantitative estimate of drug-likeness (QED) is 0.240. The van der Waals surface area contributed by atoms with E-state index < -0.39 is 0 Å². The molecule has 0 radical (unpaired) electrons. The zero-order valence-electron chi connectivity index (χ0n) is 19.3. The summed E-state index contributed by atoms with van der Waals surface area (Å²) in [5.74, 6) is 0.487. The topological polar surface area (TPSA) is 28.5 Å². The van der Waals surface area contributed by atoms with Crippen molar-refractivity contribution in [3.05, 3.63) is 93.2 Å². The molecular weight excluding hydrogens is 541 g/mol. The highest BCUT2D eigenvalue weighted by Gasteiger charge is 2.32. The van der Waals surface area contributed by atoms with Crippen LogP contribution in [-0.2, 0) is 0 Å². The number of thiazole rings is 1. The Labute approximate surface area is 224 Å². The van der Waals surface area contributed by atoms with Crippen LogP contribution < -0.4 is 5.01 Å². The van der Waals surface area contributed by atoms with Crippen LogP contribution in [0, 0.1) is 5.82 Å². The zero-order chi connectivity index (χ0) is 22.9. The van der Waals surface area contributed by atoms with Crippen LogP contribution in [-0.4, -0.2) is 10.7 Å². The van der Waals surface area contributed by atoms with Gasteiger partial charge in [-0.2, -0.15) is 5.10 Å². The second-order valence-corrected chi connectivity index (χ2v) is 10.9. The lowest BCUT2D eigenvalue weighted by Gasteiger charge is -2.22. The van der Waals surface area contributed by atoms with Crippen molar-refractivity contribution < 1.29 is 4.39 Å². The van der Waals surface area contributed by atoms with Crippen molar-refractivity contribution in [1.82, 2.24) is 4.98 Å². The first-order chi connectivity index (χ1) is 16.7. The largest absolute Gasteiger partial charge is 0.231 e. The standard InChI is InChI=1S/C28H26FN3S2.BrH/c29-23-14-12-22(13-15-23)26-17-24(27-7-4-16-33-27)31-32(26)28-30-25(18-34-28)21-10-8-20(9-11-21)19-5-2-1-3-6-19;/h4,7-16,18-19,26H,1-3,5-6,17H2;1H. The number of aromatic nitrogens is 1. The molecule has 2 aliphatic rings. The van der Waals surface area contributed by atoms with Crippen molar-refractivity contribution in [3.8, 4) is 11.3 Å². The lowest BCUT2D eigenvalue weighted by Crippen LogP contribution is -2.18. The van der Waals surface area contributed by atoms with Crippen molar-refractivity contribution in [1.29, 1.82) is 0 Å². The molecule has 1 aliphatic heterocycles. The molecule has 1 aliphatic carbocycles. The normalized spacial score (nSPS) is 18.4. The van der Waals surface area contributed by atoms with Crippen LogP contribution in [0.3, 0.4) is 0 Å². The molecule has 1 atom stereocenters. The van der Waals surface area contributed by atoms with Crippen molar-refractivity contribution in [2.75, 3.05) is 5.01 Å². The highest BCUT2D eigenvalue weighted by atomic mass is 79.9. The summed E-state index contributed by atoms with van der Waals surface area (Å²) in [4.78, 5) is 6.15. The highest BCUT2D eigenvalue weighted by Crippen LogP contribution is 2.40. The summed E-state index contributed by atoms with van der Waals surface area (Å²) >= 11 is 3.31. The molecule has 0 amide bonds. The van der Waals surface area contributed by atoms with Gasteiger partial charge in [0.15, 0.2) is 0 Å². The molecule has 7 heteroatoms. The Bertz CT molecular complexity index is 1280. The number of hydrogen-bond acceptors (Lipinski definition) is 5. The molecule has 3 heterocycles. The molecule has 0 bridgehead atoms. The summed E-state index contributed by atoms with van der Waals surface area (Å²) in [5, 5.41) is 12.1. The van der Waals surface area contributed by atoms with Crippen LogP contribution in [0.5, 0.6) is 0 Å². The molecule has 1 saturated carbocycles. The summed E-state index contributed by atoms with van der Waals surface area (Å²) in [7, 11) is 0. The maximum Gasteiger partial charge on any atom is 0.207 e. The van der Waals surface area contributed by atoms with Gasteiger partial charge in [0.1, 0.15) is 5.82 Å². The number of rotatable bonds is 5. The van der Waals surface area contributed by atoms with Crippen molar-refractivity contribution in [2.24, 2.45) is 5.10 Å². The average Bonchev–Trinajstić information content (AvgIpc) is 3.66. The predicted molar refractivity (Wildman–Crippen MR) is 151 cm³/mol. The van der Waals surface area contributed by atoms with E-state index in [1.807, 2.05) is 17.1 Å². The predicted octanol–water partition coefficient (Wildman–Crippen LogP) is 8.99. The Morgan fingerprint density at radius 3 is 2.31 bits per heavy atom. The molecule has 3 nitrogen and oxygen atoms in total. The van der Waals surface area contributed by atoms with Crippen LogP contribution in [0.25, 0.3) is 11.3 Å². The molecule has 0 saturated heterocycles. The third-order valence-electron chi connectivity index (χ3n) is 6.94. The van der Waals surface area contributed by atoms with Gasteiger partial charge >= 0.3 is 0 Å². The number of thiophene rings is 1. The van der Waals surface area contributed by atoms with E-state index in [0.29, 0.717) is 5.92 Å². The van der Waals surface area contributed by atoms with Crippen LogP contribution in [0.15, 0.2) is 76.5 Å². The van der Waals surface area contributed by atoms with Gasteiger partial charge in [0.2, 0.25) is 5.13 Å². The minimum Gasteiger partial charge on any atom is -0.231 e. The van der Waals surface area contributed by atoms with Gasteiger partial charge in [-0.3, -0.25) is 0 Å². The van der Waals surface area contributed by atoms with E-state index >= 15 is 0 Å². The first-order valence-corrected chi connectivity index (χ1v) is 13.7. The molecule has 2 aromatic carbocycles. The Hall–Kier alpha value is -2.35. The SMILES string of the molecule is Br.Fc1ccc(C2CC(c3cccs3)=NN2c2nc(-c3ccc(C4CCCCC4)cc3)cs2)cc1. The Kier molecular flexibility index (Phi) is 7.46. The van der Waals surface area contributed by atoms with Crippen molar-refractivity contribution in [3.63, 3.8) is 0 Å². The van der Waals surface area contributed by atoms with E-state index in [-0.39, 0.29) is 28.8 Å². The summed E-state index contributed by atoms with van der Waals surface area (Å²) in [6, 6.07) is 19.9. The van der Waals surface area contributed by atoms with Gasteiger partial charge in [-0.1, -0.05) is 61.7 Å². The molecule has 35 heavy (non-hydrogen) atoms. The van der Waals surface area contributed by atoms with E-state index in [0.717, 1.165) is 34.1 Å². The minimum atomic E-state index is -0.221. The Morgan fingerprint density at radius 1 is 0.857 bits per heavy atom. The number of hydrazone groups is 1. The van der Waals surface area contributed by atoms with Gasteiger partial charge in [-0.25, -0.2) is 14.4 Å². The first-order valence-electron chi connectivity index (χ1n) is 12.0. The lowest BCUT2D eigenvalue weighted by atomic mass is 9.84. The molecule has 0 N–H and O–H groups in total. The van der Waals surface area contributed by atoms with Gasteiger partial charge in [-0.05, 0) is 53.5 Å². The van der Waals surface area contributed by atoms with E-state index in [9.17, 15) is 4.39 Å². The molecular formula is C28H27BrFN3S2. The molecule has 1 fully saturated rings. The van der Waals surface area contributed by atoms with Crippen LogP contribution >= 0.6 is 39.7 Å². The minimum absolute atomic E-state index is 0. The summed E-state index contributed by atoms with van der Waals surface area (Å²) in [6.07, 6.45) is 7.47. The highest BCUT2D eigenvalue weighted by molar-refractivity contribution is 8.93. The first kappa shape index (κ1) is 24.3. The van der Waals surface area contributed by atoms with Gasteiger partial charge in [-0.15, -0.1) is 39.7 Å². The fraction of sp³-hybridized carbons (Fsp3) is 0.286.